The number of ether oxygens (including phenoxy) is 2. The Hall–Kier alpha value is -2.72. The van der Waals surface area contributed by atoms with Crippen molar-refractivity contribution >= 4 is 38.4 Å². The zero-order chi connectivity index (χ0) is 24.1. The average Bonchev–Trinajstić information content (AvgIpc) is 3.28. The molecule has 2 aliphatic heterocycles. The fourth-order valence-corrected chi connectivity index (χ4v) is 7.63. The van der Waals surface area contributed by atoms with Crippen molar-refractivity contribution in [3.05, 3.63) is 53.6 Å². The minimum absolute atomic E-state index is 0.0233. The number of amides is 1. The summed E-state index contributed by atoms with van der Waals surface area (Å²) in [5, 5.41) is 6.85. The third-order valence-electron chi connectivity index (χ3n) is 5.50. The summed E-state index contributed by atoms with van der Waals surface area (Å²) < 4.78 is 34.7. The molecule has 2 aromatic carbocycles. The average molecular weight is 504 g/mol. The van der Waals surface area contributed by atoms with Gasteiger partial charge in [-0.05, 0) is 56.2 Å². The maximum atomic E-state index is 12.7. The van der Waals surface area contributed by atoms with Crippen LogP contribution < -0.4 is 20.1 Å². The first-order valence-electron chi connectivity index (χ1n) is 11.4. The monoisotopic (exact) mass is 503 g/mol. The number of carbonyl (C=O) groups is 1. The molecule has 4 rings (SSSR count). The van der Waals surface area contributed by atoms with Crippen molar-refractivity contribution in [2.24, 2.45) is 4.99 Å². The first kappa shape index (κ1) is 24.4. The number of carbonyl (C=O) groups excluding carboxylic acids is 1. The Labute approximate surface area is 204 Å². The number of hydrogen-bond acceptors (Lipinski definition) is 8. The quantitative estimate of drug-likeness (QED) is 0.542. The Bertz CT molecular complexity index is 1180. The first-order chi connectivity index (χ1) is 16.4. The van der Waals surface area contributed by atoms with Gasteiger partial charge >= 0.3 is 0 Å². The fraction of sp³-hybridized carbons (Fsp3) is 0.417. The number of anilines is 1. The van der Waals surface area contributed by atoms with Gasteiger partial charge < -0.3 is 20.1 Å². The summed E-state index contributed by atoms with van der Waals surface area (Å²) in [7, 11) is -2.98. The molecule has 0 aromatic heterocycles. The smallest absolute Gasteiger partial charge is 0.251 e. The maximum absolute atomic E-state index is 12.7. The summed E-state index contributed by atoms with van der Waals surface area (Å²) >= 11 is 1.45. The zero-order valence-electron chi connectivity index (χ0n) is 19.2. The van der Waals surface area contributed by atoms with E-state index >= 15 is 0 Å². The highest BCUT2D eigenvalue weighted by molar-refractivity contribution is 8.15. The van der Waals surface area contributed by atoms with Gasteiger partial charge in [-0.1, -0.05) is 23.9 Å². The topological polar surface area (TPSA) is 106 Å². The van der Waals surface area contributed by atoms with Crippen LogP contribution in [0.2, 0.25) is 0 Å². The van der Waals surface area contributed by atoms with E-state index in [4.69, 9.17) is 9.47 Å². The molecule has 1 amide bonds. The molecule has 2 aromatic rings. The molecule has 0 saturated carbocycles. The highest BCUT2D eigenvalue weighted by atomic mass is 32.2. The zero-order valence-corrected chi connectivity index (χ0v) is 20.9. The molecule has 1 saturated heterocycles. The van der Waals surface area contributed by atoms with Gasteiger partial charge in [-0.2, -0.15) is 0 Å². The number of sulfone groups is 1. The van der Waals surface area contributed by atoms with E-state index < -0.39 is 9.84 Å². The number of aliphatic imine (C=N–C) groups is 1. The molecule has 0 aliphatic carbocycles. The van der Waals surface area contributed by atoms with Gasteiger partial charge in [0.1, 0.15) is 0 Å². The van der Waals surface area contributed by atoms with E-state index in [1.807, 2.05) is 44.2 Å². The molecule has 1 fully saturated rings. The lowest BCUT2D eigenvalue weighted by atomic mass is 10.1. The number of nitrogens with zero attached hydrogens (tertiary/aromatic N) is 1. The summed E-state index contributed by atoms with van der Waals surface area (Å²) in [6.07, 6.45) is 0.662. The Morgan fingerprint density at radius 1 is 1.09 bits per heavy atom. The molecule has 0 radical (unpaired) electrons. The third kappa shape index (κ3) is 6.04. The Balaban J connectivity index is 1.31. The Kier molecular flexibility index (Phi) is 7.67. The molecule has 0 bridgehead atoms. The lowest BCUT2D eigenvalue weighted by molar-refractivity contribution is 0.0954. The van der Waals surface area contributed by atoms with E-state index in [1.165, 1.54) is 11.8 Å². The predicted octanol–water partition coefficient (Wildman–Crippen LogP) is 3.14. The van der Waals surface area contributed by atoms with Crippen LogP contribution in [0, 0.1) is 0 Å². The van der Waals surface area contributed by atoms with Crippen molar-refractivity contribution < 1.29 is 22.7 Å². The van der Waals surface area contributed by atoms with Crippen molar-refractivity contribution in [1.29, 1.82) is 0 Å². The van der Waals surface area contributed by atoms with Gasteiger partial charge in [-0.25, -0.2) is 8.42 Å². The second kappa shape index (κ2) is 10.7. The van der Waals surface area contributed by atoms with Crippen LogP contribution >= 0.6 is 11.8 Å². The first-order valence-corrected chi connectivity index (χ1v) is 14.1. The number of nitrogens with one attached hydrogen (secondary N) is 2. The summed E-state index contributed by atoms with van der Waals surface area (Å²) in [5.74, 6) is 1.54. The van der Waals surface area contributed by atoms with Gasteiger partial charge in [-0.15, -0.1) is 0 Å². The van der Waals surface area contributed by atoms with E-state index in [0.29, 0.717) is 42.7 Å². The van der Waals surface area contributed by atoms with Crippen molar-refractivity contribution in [2.75, 3.05) is 36.6 Å². The van der Waals surface area contributed by atoms with Crippen LogP contribution in [0.15, 0.2) is 47.5 Å². The molecular weight excluding hydrogens is 474 g/mol. The standard InChI is InChI=1S/C24H29N3O5S2/c1-3-31-20-9-8-16(12-21(20)32-4-2)10-11-25-23(28)17-6-5-7-18(13-17)26-24-27-19-14-34(29,30)15-22(19)33-24/h5-9,12-13,19,22H,3-4,10-11,14-15H2,1-2H3,(H,25,28)(H,26,27)/t19-,22-/m0/s1. The van der Waals surface area contributed by atoms with E-state index in [1.54, 1.807) is 12.1 Å². The predicted molar refractivity (Wildman–Crippen MR) is 136 cm³/mol. The fourth-order valence-electron chi connectivity index (χ4n) is 3.95. The van der Waals surface area contributed by atoms with Crippen molar-refractivity contribution in [2.45, 2.75) is 31.6 Å². The molecule has 2 aliphatic rings. The molecule has 0 spiro atoms. The minimum atomic E-state index is -2.98. The number of rotatable bonds is 9. The van der Waals surface area contributed by atoms with Crippen LogP contribution in [0.5, 0.6) is 11.5 Å². The van der Waals surface area contributed by atoms with Crippen LogP contribution in [0.1, 0.15) is 29.8 Å². The second-order valence-corrected chi connectivity index (χ2v) is 11.5. The number of benzene rings is 2. The molecule has 2 atom stereocenters. The molecule has 34 heavy (non-hydrogen) atoms. The van der Waals surface area contributed by atoms with Crippen LogP contribution in [-0.4, -0.2) is 62.0 Å². The summed E-state index contributed by atoms with van der Waals surface area (Å²) in [6, 6.07) is 12.8. The van der Waals surface area contributed by atoms with Gasteiger partial charge in [0.05, 0.1) is 30.8 Å². The molecular formula is C24H29N3O5S2. The van der Waals surface area contributed by atoms with Crippen LogP contribution in [0.3, 0.4) is 0 Å². The van der Waals surface area contributed by atoms with Gasteiger partial charge in [0, 0.05) is 23.0 Å². The molecule has 8 nitrogen and oxygen atoms in total. The second-order valence-electron chi connectivity index (χ2n) is 8.09. The van der Waals surface area contributed by atoms with Gasteiger partial charge in [-0.3, -0.25) is 9.79 Å². The van der Waals surface area contributed by atoms with Crippen molar-refractivity contribution in [3.8, 4) is 11.5 Å². The lowest BCUT2D eigenvalue weighted by Crippen LogP contribution is -2.25. The molecule has 0 unspecified atom stereocenters. The summed E-state index contributed by atoms with van der Waals surface area (Å²) in [5.41, 5.74) is 2.33. The van der Waals surface area contributed by atoms with E-state index in [-0.39, 0.29) is 28.7 Å². The van der Waals surface area contributed by atoms with Crippen LogP contribution in [-0.2, 0) is 16.3 Å². The van der Waals surface area contributed by atoms with Crippen molar-refractivity contribution in [3.63, 3.8) is 0 Å². The number of hydrogen-bond donors (Lipinski definition) is 2. The highest BCUT2D eigenvalue weighted by Gasteiger charge is 2.42. The molecule has 2 heterocycles. The van der Waals surface area contributed by atoms with E-state index in [2.05, 4.69) is 15.6 Å². The summed E-state index contributed by atoms with van der Waals surface area (Å²) in [6.45, 7) is 5.46. The highest BCUT2D eigenvalue weighted by Crippen LogP contribution is 2.34. The van der Waals surface area contributed by atoms with Crippen LogP contribution in [0.4, 0.5) is 5.69 Å². The van der Waals surface area contributed by atoms with Crippen LogP contribution in [0.25, 0.3) is 0 Å². The maximum Gasteiger partial charge on any atom is 0.251 e. The molecule has 10 heteroatoms. The lowest BCUT2D eigenvalue weighted by Gasteiger charge is -2.13. The number of fused-ring (bicyclic) bond motifs is 1. The van der Waals surface area contributed by atoms with E-state index in [0.717, 1.165) is 17.0 Å². The third-order valence-corrected chi connectivity index (χ3v) is 8.64. The number of amidine groups is 1. The van der Waals surface area contributed by atoms with E-state index in [9.17, 15) is 13.2 Å². The largest absolute Gasteiger partial charge is 0.490 e. The Morgan fingerprint density at radius 2 is 1.88 bits per heavy atom. The van der Waals surface area contributed by atoms with Crippen molar-refractivity contribution in [1.82, 2.24) is 5.32 Å². The van der Waals surface area contributed by atoms with Gasteiger partial charge in [0.2, 0.25) is 0 Å². The normalized spacial score (nSPS) is 20.4. The van der Waals surface area contributed by atoms with Gasteiger partial charge in [0.25, 0.3) is 5.91 Å². The molecule has 2 N–H and O–H groups in total. The number of thioether (sulfide) groups is 1. The SMILES string of the molecule is CCOc1ccc(CCNC(=O)c2cccc(NC3=N[C@H]4CS(=O)(=O)C[C@@H]4S3)c2)cc1OCC. The minimum Gasteiger partial charge on any atom is -0.490 e. The van der Waals surface area contributed by atoms with Gasteiger partial charge in [0.15, 0.2) is 26.5 Å². The summed E-state index contributed by atoms with van der Waals surface area (Å²) in [4.78, 5) is 17.2. The molecule has 182 valence electrons. The Morgan fingerprint density at radius 3 is 2.65 bits per heavy atom.